The number of methoxy groups -OCH3 is 1. The molecular weight excluding hydrogens is 222 g/mol. The van der Waals surface area contributed by atoms with Crippen LogP contribution in [-0.2, 0) is 11.2 Å². The lowest BCUT2D eigenvalue weighted by Crippen LogP contribution is -2.31. The lowest BCUT2D eigenvalue weighted by atomic mass is 9.99. The molecule has 0 aliphatic carbocycles. The van der Waals surface area contributed by atoms with Gasteiger partial charge in [0, 0.05) is 13.2 Å². The van der Waals surface area contributed by atoms with E-state index in [4.69, 9.17) is 4.74 Å². The molecule has 0 saturated carbocycles. The summed E-state index contributed by atoms with van der Waals surface area (Å²) in [5.74, 6) is 0. The number of aryl methyl sites for hydroxylation is 1. The minimum Gasteiger partial charge on any atom is -0.382 e. The van der Waals surface area contributed by atoms with Gasteiger partial charge in [0.15, 0.2) is 0 Å². The summed E-state index contributed by atoms with van der Waals surface area (Å²) in [6.45, 7) is 7.48. The molecular formula is C16H27NO. The molecule has 1 rings (SSSR count). The van der Waals surface area contributed by atoms with Crippen LogP contribution in [0.2, 0.25) is 0 Å². The van der Waals surface area contributed by atoms with Gasteiger partial charge in [-0.25, -0.2) is 0 Å². The Balaban J connectivity index is 2.51. The maximum Gasteiger partial charge on any atom is 0.0543 e. The summed E-state index contributed by atoms with van der Waals surface area (Å²) < 4.78 is 5.32. The molecule has 0 bridgehead atoms. The van der Waals surface area contributed by atoms with Gasteiger partial charge < -0.3 is 10.1 Å². The summed E-state index contributed by atoms with van der Waals surface area (Å²) in [5, 5.41) is 3.57. The SMILES string of the molecule is CCNC(CCC(C)OC)Cc1cccc(C)c1. The third-order valence-corrected chi connectivity index (χ3v) is 3.38. The Hall–Kier alpha value is -0.860. The van der Waals surface area contributed by atoms with Crippen molar-refractivity contribution in [2.45, 2.75) is 52.2 Å². The Morgan fingerprint density at radius 1 is 1.28 bits per heavy atom. The average molecular weight is 249 g/mol. The summed E-state index contributed by atoms with van der Waals surface area (Å²) in [6.07, 6.45) is 3.73. The monoisotopic (exact) mass is 249 g/mol. The zero-order valence-electron chi connectivity index (χ0n) is 12.2. The number of hydrogen-bond donors (Lipinski definition) is 1. The van der Waals surface area contributed by atoms with Crippen LogP contribution in [-0.4, -0.2) is 25.8 Å². The van der Waals surface area contributed by atoms with E-state index in [0.29, 0.717) is 12.1 Å². The summed E-state index contributed by atoms with van der Waals surface area (Å²) in [7, 11) is 1.79. The van der Waals surface area contributed by atoms with Crippen LogP contribution < -0.4 is 5.32 Å². The average Bonchev–Trinajstić information content (AvgIpc) is 2.36. The van der Waals surface area contributed by atoms with E-state index in [1.54, 1.807) is 7.11 Å². The highest BCUT2D eigenvalue weighted by atomic mass is 16.5. The first-order chi connectivity index (χ1) is 8.65. The molecule has 0 aliphatic rings. The van der Waals surface area contributed by atoms with Gasteiger partial charge in [-0.05, 0) is 45.2 Å². The highest BCUT2D eigenvalue weighted by molar-refractivity contribution is 5.22. The largest absolute Gasteiger partial charge is 0.382 e. The van der Waals surface area contributed by atoms with Crippen LogP contribution in [0.4, 0.5) is 0 Å². The fourth-order valence-corrected chi connectivity index (χ4v) is 2.24. The Bertz CT molecular complexity index is 338. The van der Waals surface area contributed by atoms with Gasteiger partial charge in [0.1, 0.15) is 0 Å². The second kappa shape index (κ2) is 8.28. The van der Waals surface area contributed by atoms with Crippen molar-refractivity contribution in [2.24, 2.45) is 0 Å². The highest BCUT2D eigenvalue weighted by Crippen LogP contribution is 2.11. The predicted molar refractivity (Wildman–Crippen MR) is 78.1 cm³/mol. The van der Waals surface area contributed by atoms with Gasteiger partial charge in [0.25, 0.3) is 0 Å². The van der Waals surface area contributed by atoms with Crippen molar-refractivity contribution in [3.63, 3.8) is 0 Å². The van der Waals surface area contributed by atoms with Crippen molar-refractivity contribution in [2.75, 3.05) is 13.7 Å². The third kappa shape index (κ3) is 5.65. The van der Waals surface area contributed by atoms with Gasteiger partial charge in [-0.2, -0.15) is 0 Å². The second-order valence-electron chi connectivity index (χ2n) is 5.07. The summed E-state index contributed by atoms with van der Waals surface area (Å²) in [4.78, 5) is 0. The zero-order valence-corrected chi connectivity index (χ0v) is 12.2. The van der Waals surface area contributed by atoms with Crippen molar-refractivity contribution in [3.05, 3.63) is 35.4 Å². The van der Waals surface area contributed by atoms with Crippen molar-refractivity contribution in [1.82, 2.24) is 5.32 Å². The van der Waals surface area contributed by atoms with Gasteiger partial charge in [-0.3, -0.25) is 0 Å². The Morgan fingerprint density at radius 2 is 2.06 bits per heavy atom. The highest BCUT2D eigenvalue weighted by Gasteiger charge is 2.10. The molecule has 0 fully saturated rings. The van der Waals surface area contributed by atoms with Crippen LogP contribution in [0, 0.1) is 6.92 Å². The summed E-state index contributed by atoms with van der Waals surface area (Å²) in [6, 6.07) is 9.35. The Kier molecular flexibility index (Phi) is 6.99. The Labute approximate surface area is 112 Å². The van der Waals surface area contributed by atoms with Gasteiger partial charge in [0.05, 0.1) is 6.10 Å². The molecule has 0 heterocycles. The minimum atomic E-state index is 0.351. The molecule has 0 spiro atoms. The minimum absolute atomic E-state index is 0.351. The van der Waals surface area contributed by atoms with Crippen LogP contribution in [0.5, 0.6) is 0 Å². The zero-order chi connectivity index (χ0) is 13.4. The molecule has 0 radical (unpaired) electrons. The molecule has 0 amide bonds. The second-order valence-corrected chi connectivity index (χ2v) is 5.07. The lowest BCUT2D eigenvalue weighted by molar-refractivity contribution is 0.106. The molecule has 2 heteroatoms. The molecule has 0 aliphatic heterocycles. The molecule has 0 saturated heterocycles. The molecule has 0 aromatic heterocycles. The van der Waals surface area contributed by atoms with Crippen molar-refractivity contribution < 1.29 is 4.74 Å². The fourth-order valence-electron chi connectivity index (χ4n) is 2.24. The van der Waals surface area contributed by atoms with E-state index in [1.165, 1.54) is 11.1 Å². The van der Waals surface area contributed by atoms with E-state index < -0.39 is 0 Å². The molecule has 1 aromatic carbocycles. The maximum atomic E-state index is 5.32. The molecule has 2 nitrogen and oxygen atoms in total. The smallest absolute Gasteiger partial charge is 0.0543 e. The van der Waals surface area contributed by atoms with Crippen molar-refractivity contribution in [3.8, 4) is 0 Å². The number of ether oxygens (including phenoxy) is 1. The van der Waals surface area contributed by atoms with E-state index in [0.717, 1.165) is 25.8 Å². The number of benzene rings is 1. The number of hydrogen-bond acceptors (Lipinski definition) is 2. The van der Waals surface area contributed by atoms with E-state index >= 15 is 0 Å². The number of likely N-dealkylation sites (N-methyl/N-ethyl adjacent to an activating group) is 1. The van der Waals surface area contributed by atoms with E-state index in [2.05, 4.69) is 50.4 Å². The van der Waals surface area contributed by atoms with Crippen LogP contribution in [0.1, 0.15) is 37.8 Å². The van der Waals surface area contributed by atoms with Gasteiger partial charge in [-0.1, -0.05) is 36.8 Å². The first-order valence-electron chi connectivity index (χ1n) is 6.97. The first-order valence-corrected chi connectivity index (χ1v) is 6.97. The third-order valence-electron chi connectivity index (χ3n) is 3.38. The topological polar surface area (TPSA) is 21.3 Å². The number of rotatable bonds is 8. The normalized spacial score (nSPS) is 14.4. The standard InChI is InChI=1S/C16H27NO/c1-5-17-16(10-9-14(3)18-4)12-15-8-6-7-13(2)11-15/h6-8,11,14,16-17H,5,9-10,12H2,1-4H3. The molecule has 2 atom stereocenters. The number of nitrogens with one attached hydrogen (secondary N) is 1. The first kappa shape index (κ1) is 15.2. The van der Waals surface area contributed by atoms with Crippen LogP contribution in [0.3, 0.4) is 0 Å². The van der Waals surface area contributed by atoms with Crippen LogP contribution in [0.25, 0.3) is 0 Å². The van der Waals surface area contributed by atoms with Gasteiger partial charge in [0.2, 0.25) is 0 Å². The molecule has 102 valence electrons. The summed E-state index contributed by atoms with van der Waals surface area (Å²) in [5.41, 5.74) is 2.76. The predicted octanol–water partition coefficient (Wildman–Crippen LogP) is 3.33. The van der Waals surface area contributed by atoms with Gasteiger partial charge >= 0.3 is 0 Å². The van der Waals surface area contributed by atoms with Gasteiger partial charge in [-0.15, -0.1) is 0 Å². The Morgan fingerprint density at radius 3 is 2.67 bits per heavy atom. The van der Waals surface area contributed by atoms with Crippen LogP contribution in [0.15, 0.2) is 24.3 Å². The summed E-state index contributed by atoms with van der Waals surface area (Å²) >= 11 is 0. The van der Waals surface area contributed by atoms with Crippen molar-refractivity contribution in [1.29, 1.82) is 0 Å². The van der Waals surface area contributed by atoms with E-state index in [-0.39, 0.29) is 0 Å². The van der Waals surface area contributed by atoms with E-state index in [9.17, 15) is 0 Å². The molecule has 2 unspecified atom stereocenters. The lowest BCUT2D eigenvalue weighted by Gasteiger charge is -2.20. The molecule has 1 aromatic rings. The maximum absolute atomic E-state index is 5.32. The quantitative estimate of drug-likeness (QED) is 0.763. The van der Waals surface area contributed by atoms with Crippen LogP contribution >= 0.6 is 0 Å². The van der Waals surface area contributed by atoms with Crippen molar-refractivity contribution >= 4 is 0 Å². The molecule has 1 N–H and O–H groups in total. The fraction of sp³-hybridized carbons (Fsp3) is 0.625. The molecule has 18 heavy (non-hydrogen) atoms. The van der Waals surface area contributed by atoms with E-state index in [1.807, 2.05) is 0 Å².